The molecule has 0 aliphatic heterocycles. The van der Waals surface area contributed by atoms with Crippen molar-refractivity contribution in [3.05, 3.63) is 65.7 Å². The smallest absolute Gasteiger partial charge is 0.224 e. The van der Waals surface area contributed by atoms with E-state index < -0.39 is 5.60 Å². The van der Waals surface area contributed by atoms with Crippen molar-refractivity contribution in [2.45, 2.75) is 45.8 Å². The van der Waals surface area contributed by atoms with Crippen LogP contribution >= 0.6 is 0 Å². The van der Waals surface area contributed by atoms with Crippen molar-refractivity contribution < 1.29 is 9.90 Å². The van der Waals surface area contributed by atoms with Gasteiger partial charge in [-0.05, 0) is 43.5 Å². The molecular weight excluding hydrogens is 364 g/mol. The molecular formula is C23H32N4O2. The van der Waals surface area contributed by atoms with Crippen LogP contribution in [0.1, 0.15) is 44.7 Å². The van der Waals surface area contributed by atoms with Crippen LogP contribution in [-0.2, 0) is 16.9 Å². The number of nitrogens with zero attached hydrogens (tertiary/aromatic N) is 1. The fourth-order valence-electron chi connectivity index (χ4n) is 2.87. The van der Waals surface area contributed by atoms with Crippen molar-refractivity contribution in [1.82, 2.24) is 10.6 Å². The van der Waals surface area contributed by atoms with Gasteiger partial charge in [0.2, 0.25) is 5.91 Å². The molecule has 2 aromatic carbocycles. The molecule has 2 rings (SSSR count). The molecule has 0 fully saturated rings. The summed E-state index contributed by atoms with van der Waals surface area (Å²) in [5.74, 6) is 0.649. The number of anilines is 1. The summed E-state index contributed by atoms with van der Waals surface area (Å²) in [6.07, 6.45) is 1.33. The van der Waals surface area contributed by atoms with Crippen LogP contribution in [0.3, 0.4) is 0 Å². The average Bonchev–Trinajstić information content (AvgIpc) is 2.71. The summed E-state index contributed by atoms with van der Waals surface area (Å²) in [7, 11) is 0. The molecule has 1 atom stereocenters. The number of benzene rings is 2. The molecule has 1 amide bonds. The molecule has 0 bridgehead atoms. The van der Waals surface area contributed by atoms with Gasteiger partial charge in [0, 0.05) is 18.7 Å². The first-order chi connectivity index (χ1) is 13.9. The highest BCUT2D eigenvalue weighted by atomic mass is 16.3. The second kappa shape index (κ2) is 11.2. The summed E-state index contributed by atoms with van der Waals surface area (Å²) in [6, 6.07) is 17.3. The van der Waals surface area contributed by atoms with E-state index in [0.717, 1.165) is 23.2 Å². The number of aliphatic hydroxyl groups is 1. The number of amides is 1. The lowest BCUT2D eigenvalue weighted by atomic mass is 9.96. The predicted molar refractivity (Wildman–Crippen MR) is 119 cm³/mol. The van der Waals surface area contributed by atoms with Gasteiger partial charge < -0.3 is 21.1 Å². The van der Waals surface area contributed by atoms with Crippen LogP contribution in [0.15, 0.2) is 59.6 Å². The van der Waals surface area contributed by atoms with Gasteiger partial charge in [0.05, 0.1) is 13.1 Å². The molecule has 6 nitrogen and oxygen atoms in total. The summed E-state index contributed by atoms with van der Waals surface area (Å²) in [5.41, 5.74) is 1.60. The molecule has 1 unspecified atom stereocenters. The van der Waals surface area contributed by atoms with Crippen molar-refractivity contribution in [3.8, 4) is 0 Å². The van der Waals surface area contributed by atoms with E-state index in [9.17, 15) is 9.90 Å². The van der Waals surface area contributed by atoms with E-state index in [0.29, 0.717) is 32.0 Å². The summed E-state index contributed by atoms with van der Waals surface area (Å²) in [4.78, 5) is 16.4. The van der Waals surface area contributed by atoms with Gasteiger partial charge in [-0.2, -0.15) is 0 Å². The van der Waals surface area contributed by atoms with Gasteiger partial charge in [-0.15, -0.1) is 0 Å². The van der Waals surface area contributed by atoms with E-state index in [1.807, 2.05) is 68.4 Å². The summed E-state index contributed by atoms with van der Waals surface area (Å²) >= 11 is 0. The monoisotopic (exact) mass is 396 g/mol. The van der Waals surface area contributed by atoms with Gasteiger partial charge in [0.1, 0.15) is 5.60 Å². The molecule has 0 aromatic heterocycles. The Bertz CT molecular complexity index is 804. The molecule has 0 saturated carbocycles. The number of carbonyl (C=O) groups excluding carboxylic acids is 1. The maximum absolute atomic E-state index is 11.8. The molecule has 6 heteroatoms. The first kappa shape index (κ1) is 22.4. The molecule has 0 spiro atoms. The quantitative estimate of drug-likeness (QED) is 0.387. The van der Waals surface area contributed by atoms with Crippen LogP contribution in [0, 0.1) is 0 Å². The van der Waals surface area contributed by atoms with Gasteiger partial charge >= 0.3 is 0 Å². The number of hydrogen-bond donors (Lipinski definition) is 4. The second-order valence-electron chi connectivity index (χ2n) is 7.19. The standard InChI is InChI=1S/C23H32N4O2/c1-4-10-21(28)27-20-14-9-11-18(15-20)16-25-22(24-5-2)26-17-23(3,29)19-12-7-6-8-13-19/h6-9,11-15,29H,4-5,10,16-17H2,1-3H3,(H,27,28)(H2,24,25,26). The van der Waals surface area contributed by atoms with Crippen molar-refractivity contribution in [2.75, 3.05) is 18.4 Å². The zero-order valence-electron chi connectivity index (χ0n) is 17.5. The number of rotatable bonds is 9. The molecule has 0 aliphatic carbocycles. The molecule has 4 N–H and O–H groups in total. The highest BCUT2D eigenvalue weighted by Crippen LogP contribution is 2.19. The highest BCUT2D eigenvalue weighted by Gasteiger charge is 2.22. The Balaban J connectivity index is 2.01. The lowest BCUT2D eigenvalue weighted by Crippen LogP contribution is -2.44. The minimum Gasteiger partial charge on any atom is -0.384 e. The molecule has 0 heterocycles. The van der Waals surface area contributed by atoms with Crippen molar-refractivity contribution in [1.29, 1.82) is 0 Å². The highest BCUT2D eigenvalue weighted by molar-refractivity contribution is 5.90. The van der Waals surface area contributed by atoms with Crippen LogP contribution in [0.4, 0.5) is 5.69 Å². The van der Waals surface area contributed by atoms with E-state index in [-0.39, 0.29) is 5.91 Å². The van der Waals surface area contributed by atoms with Gasteiger partial charge in [0.25, 0.3) is 0 Å². The van der Waals surface area contributed by atoms with Crippen LogP contribution in [-0.4, -0.2) is 30.1 Å². The van der Waals surface area contributed by atoms with Crippen LogP contribution in [0.25, 0.3) is 0 Å². The summed E-state index contributed by atoms with van der Waals surface area (Å²) in [5, 5.41) is 20.1. The number of aliphatic imine (C=N–C) groups is 1. The fourth-order valence-corrected chi connectivity index (χ4v) is 2.87. The lowest BCUT2D eigenvalue weighted by molar-refractivity contribution is -0.116. The summed E-state index contributed by atoms with van der Waals surface area (Å²) < 4.78 is 0. The second-order valence-corrected chi connectivity index (χ2v) is 7.19. The Kier molecular flexibility index (Phi) is 8.68. The zero-order valence-corrected chi connectivity index (χ0v) is 17.5. The molecule has 0 aliphatic rings. The van der Waals surface area contributed by atoms with E-state index in [4.69, 9.17) is 0 Å². The predicted octanol–water partition coefficient (Wildman–Crippen LogP) is 3.39. The van der Waals surface area contributed by atoms with Crippen LogP contribution in [0.5, 0.6) is 0 Å². The number of hydrogen-bond acceptors (Lipinski definition) is 3. The van der Waals surface area contributed by atoms with Gasteiger partial charge in [-0.1, -0.05) is 49.4 Å². The minimum absolute atomic E-state index is 0.0197. The fraction of sp³-hybridized carbons (Fsp3) is 0.391. The van der Waals surface area contributed by atoms with Crippen LogP contribution in [0.2, 0.25) is 0 Å². The Labute approximate surface area is 173 Å². The maximum Gasteiger partial charge on any atom is 0.224 e. The molecule has 29 heavy (non-hydrogen) atoms. The van der Waals surface area contributed by atoms with E-state index in [2.05, 4.69) is 20.9 Å². The maximum atomic E-state index is 11.8. The van der Waals surface area contributed by atoms with E-state index in [1.165, 1.54) is 0 Å². The molecule has 0 saturated heterocycles. The first-order valence-electron chi connectivity index (χ1n) is 10.1. The van der Waals surface area contributed by atoms with Gasteiger partial charge in [-0.3, -0.25) is 4.79 Å². The number of nitrogens with one attached hydrogen (secondary N) is 3. The van der Waals surface area contributed by atoms with Crippen LogP contribution < -0.4 is 16.0 Å². The number of carbonyl (C=O) groups is 1. The average molecular weight is 397 g/mol. The van der Waals surface area contributed by atoms with Crippen molar-refractivity contribution >= 4 is 17.6 Å². The number of guanidine groups is 1. The first-order valence-corrected chi connectivity index (χ1v) is 10.1. The Hall–Kier alpha value is -2.86. The van der Waals surface area contributed by atoms with Crippen molar-refractivity contribution in [2.24, 2.45) is 4.99 Å². The topological polar surface area (TPSA) is 85.8 Å². The van der Waals surface area contributed by atoms with E-state index >= 15 is 0 Å². The Morgan fingerprint density at radius 2 is 1.83 bits per heavy atom. The van der Waals surface area contributed by atoms with Gasteiger partial charge in [0.15, 0.2) is 5.96 Å². The Morgan fingerprint density at radius 3 is 2.52 bits per heavy atom. The Morgan fingerprint density at radius 1 is 1.07 bits per heavy atom. The third kappa shape index (κ3) is 7.58. The zero-order chi connectivity index (χ0) is 21.1. The molecule has 156 valence electrons. The third-order valence-corrected chi connectivity index (χ3v) is 4.45. The van der Waals surface area contributed by atoms with E-state index in [1.54, 1.807) is 6.92 Å². The van der Waals surface area contributed by atoms with Gasteiger partial charge in [-0.25, -0.2) is 4.99 Å². The third-order valence-electron chi connectivity index (χ3n) is 4.45. The summed E-state index contributed by atoms with van der Waals surface area (Å²) in [6.45, 7) is 7.26. The molecule has 2 aromatic rings. The normalized spacial score (nSPS) is 13.4. The lowest BCUT2D eigenvalue weighted by Gasteiger charge is -2.25. The van der Waals surface area contributed by atoms with Crippen molar-refractivity contribution in [3.63, 3.8) is 0 Å². The minimum atomic E-state index is -1.01. The molecule has 0 radical (unpaired) electrons. The largest absolute Gasteiger partial charge is 0.384 e. The SMILES string of the molecule is CCCC(=O)Nc1cccc(CN=C(NCC)NCC(C)(O)c2ccccc2)c1.